The molecular weight excluding hydrogens is 330 g/mol. The Labute approximate surface area is 151 Å². The quantitative estimate of drug-likeness (QED) is 0.733. The summed E-state index contributed by atoms with van der Waals surface area (Å²) in [5.41, 5.74) is 3.02. The van der Waals surface area contributed by atoms with Crippen molar-refractivity contribution in [3.63, 3.8) is 0 Å². The van der Waals surface area contributed by atoms with Crippen LogP contribution in [-0.4, -0.2) is 39.0 Å². The van der Waals surface area contributed by atoms with Crippen LogP contribution in [0, 0.1) is 5.92 Å². The Kier molecular flexibility index (Phi) is 4.58. The molecule has 3 aromatic rings. The summed E-state index contributed by atoms with van der Waals surface area (Å²) in [7, 11) is 0. The molecule has 4 rings (SSSR count). The summed E-state index contributed by atoms with van der Waals surface area (Å²) >= 11 is 0. The molecule has 2 heterocycles. The molecule has 0 bridgehead atoms. The molecule has 134 valence electrons. The molecule has 0 atom stereocenters. The minimum Gasteiger partial charge on any atom is -0.481 e. The predicted molar refractivity (Wildman–Crippen MR) is 98.2 cm³/mol. The molecule has 26 heavy (non-hydrogen) atoms. The zero-order chi connectivity index (χ0) is 17.9. The molecule has 6 nitrogen and oxygen atoms in total. The van der Waals surface area contributed by atoms with Gasteiger partial charge in [0.1, 0.15) is 5.75 Å². The van der Waals surface area contributed by atoms with Gasteiger partial charge in [-0.05, 0) is 55.8 Å². The van der Waals surface area contributed by atoms with Crippen molar-refractivity contribution in [1.29, 1.82) is 0 Å². The van der Waals surface area contributed by atoms with Gasteiger partial charge in [0.2, 0.25) is 0 Å². The number of aromatic nitrogens is 2. The first-order valence-electron chi connectivity index (χ1n) is 8.84. The lowest BCUT2D eigenvalue weighted by molar-refractivity contribution is -0.143. The predicted octanol–water partition coefficient (Wildman–Crippen LogP) is 3.65. The fourth-order valence-electron chi connectivity index (χ4n) is 3.35. The van der Waals surface area contributed by atoms with Crippen LogP contribution in [0.3, 0.4) is 0 Å². The number of likely N-dealkylation sites (tertiary alicyclic amines) is 1. The number of hydrogen-bond donors (Lipinski definition) is 2. The summed E-state index contributed by atoms with van der Waals surface area (Å²) in [6.07, 6.45) is 1.45. The molecule has 6 heteroatoms. The number of nitrogens with one attached hydrogen (secondary N) is 1. The average molecular weight is 351 g/mol. The second-order valence-electron chi connectivity index (χ2n) is 6.69. The van der Waals surface area contributed by atoms with E-state index in [9.17, 15) is 4.79 Å². The van der Waals surface area contributed by atoms with Gasteiger partial charge in [-0.25, -0.2) is 0 Å². The Balaban J connectivity index is 1.35. The highest BCUT2D eigenvalue weighted by molar-refractivity contribution is 5.75. The molecule has 2 aromatic carbocycles. The van der Waals surface area contributed by atoms with Crippen molar-refractivity contribution in [2.24, 2.45) is 5.92 Å². The summed E-state index contributed by atoms with van der Waals surface area (Å²) in [4.78, 5) is 20.9. The SMILES string of the molecule is O=C(O)C1CCN(Cc2ccc(Oc3nc4ccccc4[nH]3)cc2)CC1. The van der Waals surface area contributed by atoms with Crippen LogP contribution in [0.5, 0.6) is 11.8 Å². The third-order valence-corrected chi connectivity index (χ3v) is 4.85. The minimum absolute atomic E-state index is 0.189. The van der Waals surface area contributed by atoms with E-state index in [0.29, 0.717) is 6.01 Å². The Morgan fingerprint density at radius 2 is 1.88 bits per heavy atom. The maximum Gasteiger partial charge on any atom is 0.306 e. The number of carboxylic acids is 1. The maximum atomic E-state index is 11.0. The first kappa shape index (κ1) is 16.6. The van der Waals surface area contributed by atoms with Gasteiger partial charge in [0.05, 0.1) is 17.0 Å². The van der Waals surface area contributed by atoms with Gasteiger partial charge in [-0.3, -0.25) is 9.69 Å². The Hall–Kier alpha value is -2.86. The molecule has 1 saturated heterocycles. The molecule has 0 radical (unpaired) electrons. The number of carbonyl (C=O) groups is 1. The number of carboxylic acid groups (broad SMARTS) is 1. The number of fused-ring (bicyclic) bond motifs is 1. The van der Waals surface area contributed by atoms with Crippen LogP contribution in [0.2, 0.25) is 0 Å². The van der Waals surface area contributed by atoms with Crippen LogP contribution in [0.1, 0.15) is 18.4 Å². The fraction of sp³-hybridized carbons (Fsp3) is 0.300. The van der Waals surface area contributed by atoms with Crippen molar-refractivity contribution in [1.82, 2.24) is 14.9 Å². The summed E-state index contributed by atoms with van der Waals surface area (Å²) in [5.74, 6) is -0.125. The number of imidazole rings is 1. The van der Waals surface area contributed by atoms with E-state index in [0.717, 1.165) is 49.3 Å². The highest BCUT2D eigenvalue weighted by Gasteiger charge is 2.24. The topological polar surface area (TPSA) is 78.4 Å². The van der Waals surface area contributed by atoms with Crippen LogP contribution in [-0.2, 0) is 11.3 Å². The number of piperidine rings is 1. The number of nitrogens with zero attached hydrogens (tertiary/aromatic N) is 2. The van der Waals surface area contributed by atoms with Crippen LogP contribution in [0.15, 0.2) is 48.5 Å². The van der Waals surface area contributed by atoms with Crippen molar-refractivity contribution in [3.8, 4) is 11.8 Å². The second-order valence-corrected chi connectivity index (χ2v) is 6.69. The number of aromatic amines is 1. The van der Waals surface area contributed by atoms with Gasteiger partial charge in [-0.15, -0.1) is 0 Å². The van der Waals surface area contributed by atoms with Gasteiger partial charge in [0, 0.05) is 6.54 Å². The number of aliphatic carboxylic acids is 1. The van der Waals surface area contributed by atoms with E-state index < -0.39 is 5.97 Å². The molecule has 0 aliphatic carbocycles. The average Bonchev–Trinajstić information content (AvgIpc) is 3.06. The highest BCUT2D eigenvalue weighted by atomic mass is 16.5. The van der Waals surface area contributed by atoms with E-state index in [1.807, 2.05) is 48.5 Å². The Morgan fingerprint density at radius 1 is 1.15 bits per heavy atom. The summed E-state index contributed by atoms with van der Waals surface area (Å²) < 4.78 is 5.80. The van der Waals surface area contributed by atoms with Crippen molar-refractivity contribution in [2.45, 2.75) is 19.4 Å². The number of hydrogen-bond acceptors (Lipinski definition) is 4. The van der Waals surface area contributed by atoms with Crippen LogP contribution in [0.25, 0.3) is 11.0 Å². The molecule has 0 saturated carbocycles. The first-order chi connectivity index (χ1) is 12.7. The second kappa shape index (κ2) is 7.17. The largest absolute Gasteiger partial charge is 0.481 e. The van der Waals surface area contributed by atoms with Crippen molar-refractivity contribution >= 4 is 17.0 Å². The van der Waals surface area contributed by atoms with E-state index >= 15 is 0 Å². The van der Waals surface area contributed by atoms with Gasteiger partial charge in [-0.2, -0.15) is 4.98 Å². The Bertz CT molecular complexity index is 863. The van der Waals surface area contributed by atoms with Crippen LogP contribution in [0.4, 0.5) is 0 Å². The normalized spacial score (nSPS) is 16.0. The summed E-state index contributed by atoms with van der Waals surface area (Å²) in [6.45, 7) is 2.49. The van der Waals surface area contributed by atoms with Crippen LogP contribution >= 0.6 is 0 Å². The van der Waals surface area contributed by atoms with Crippen molar-refractivity contribution in [3.05, 3.63) is 54.1 Å². The van der Waals surface area contributed by atoms with Gasteiger partial charge < -0.3 is 14.8 Å². The van der Waals surface area contributed by atoms with E-state index in [1.54, 1.807) is 0 Å². The van der Waals surface area contributed by atoms with Gasteiger partial charge in [0.15, 0.2) is 0 Å². The monoisotopic (exact) mass is 351 g/mol. The van der Waals surface area contributed by atoms with Crippen molar-refractivity contribution in [2.75, 3.05) is 13.1 Å². The summed E-state index contributed by atoms with van der Waals surface area (Å²) in [5, 5.41) is 9.07. The van der Waals surface area contributed by atoms with Gasteiger partial charge in [0.25, 0.3) is 6.01 Å². The standard InChI is InChI=1S/C20H21N3O3/c24-19(25)15-9-11-23(12-10-15)13-14-5-7-16(8-6-14)26-20-21-17-3-1-2-4-18(17)22-20/h1-8,15H,9-13H2,(H,21,22)(H,24,25). The minimum atomic E-state index is -0.670. The molecule has 0 spiro atoms. The number of benzene rings is 2. The zero-order valence-electron chi connectivity index (χ0n) is 14.4. The summed E-state index contributed by atoms with van der Waals surface area (Å²) in [6, 6.07) is 16.2. The molecule has 1 aliphatic rings. The molecule has 0 unspecified atom stereocenters. The van der Waals surface area contributed by atoms with Gasteiger partial charge >= 0.3 is 5.97 Å². The first-order valence-corrected chi connectivity index (χ1v) is 8.84. The molecule has 0 amide bonds. The third kappa shape index (κ3) is 3.70. The van der Waals surface area contributed by atoms with E-state index in [2.05, 4.69) is 14.9 Å². The lowest BCUT2D eigenvalue weighted by Crippen LogP contribution is -2.35. The molecular formula is C20H21N3O3. The van der Waals surface area contributed by atoms with E-state index in [-0.39, 0.29) is 5.92 Å². The highest BCUT2D eigenvalue weighted by Crippen LogP contribution is 2.23. The third-order valence-electron chi connectivity index (χ3n) is 4.85. The number of para-hydroxylation sites is 2. The lowest BCUT2D eigenvalue weighted by Gasteiger charge is -2.30. The molecule has 2 N–H and O–H groups in total. The zero-order valence-corrected chi connectivity index (χ0v) is 14.4. The lowest BCUT2D eigenvalue weighted by atomic mass is 9.97. The molecule has 1 aliphatic heterocycles. The molecule has 1 fully saturated rings. The number of rotatable bonds is 5. The van der Waals surface area contributed by atoms with Gasteiger partial charge in [-0.1, -0.05) is 24.3 Å². The number of ether oxygens (including phenoxy) is 1. The maximum absolute atomic E-state index is 11.0. The van der Waals surface area contributed by atoms with Crippen molar-refractivity contribution < 1.29 is 14.6 Å². The molecule has 1 aromatic heterocycles. The smallest absolute Gasteiger partial charge is 0.306 e. The Morgan fingerprint density at radius 3 is 2.58 bits per heavy atom. The van der Waals surface area contributed by atoms with E-state index in [1.165, 1.54) is 5.56 Å². The van der Waals surface area contributed by atoms with Crippen LogP contribution < -0.4 is 4.74 Å². The number of H-pyrrole nitrogens is 1. The van der Waals surface area contributed by atoms with E-state index in [4.69, 9.17) is 9.84 Å². The fourth-order valence-corrected chi connectivity index (χ4v) is 3.35.